The highest BCUT2D eigenvalue weighted by molar-refractivity contribution is 5.34. The quantitative estimate of drug-likeness (QED) is 0.835. The van der Waals surface area contributed by atoms with Crippen molar-refractivity contribution >= 4 is 0 Å². The van der Waals surface area contributed by atoms with E-state index in [1.165, 1.54) is 29.5 Å². The Labute approximate surface area is 106 Å². The second kappa shape index (κ2) is 4.81. The molecular weight excluding hydrogens is 206 g/mol. The molecule has 1 nitrogen and oxygen atoms in total. The first-order valence-corrected chi connectivity index (χ1v) is 6.80. The van der Waals surface area contributed by atoms with Crippen LogP contribution in [-0.4, -0.2) is 12.6 Å². The van der Waals surface area contributed by atoms with Crippen molar-refractivity contribution in [3.63, 3.8) is 0 Å². The molecule has 1 saturated carbocycles. The van der Waals surface area contributed by atoms with E-state index in [0.717, 1.165) is 19.0 Å². The monoisotopic (exact) mass is 231 g/mol. The summed E-state index contributed by atoms with van der Waals surface area (Å²) in [6.07, 6.45) is 3.91. The Morgan fingerprint density at radius 1 is 1.24 bits per heavy atom. The molecule has 1 aliphatic carbocycles. The predicted molar refractivity (Wildman–Crippen MR) is 74.6 cm³/mol. The zero-order chi connectivity index (χ0) is 12.5. The van der Waals surface area contributed by atoms with Crippen LogP contribution in [0.5, 0.6) is 0 Å². The first kappa shape index (κ1) is 12.6. The van der Waals surface area contributed by atoms with Gasteiger partial charge in [0.1, 0.15) is 0 Å². The summed E-state index contributed by atoms with van der Waals surface area (Å²) in [7, 11) is 0. The number of aryl methyl sites for hydroxylation is 1. The topological polar surface area (TPSA) is 12.0 Å². The number of nitrogens with one attached hydrogen (secondary N) is 1. The lowest BCUT2D eigenvalue weighted by Crippen LogP contribution is -2.20. The Bertz CT molecular complexity index is 383. The first-order chi connectivity index (χ1) is 7.97. The van der Waals surface area contributed by atoms with E-state index in [1.807, 2.05) is 0 Å². The fourth-order valence-corrected chi connectivity index (χ4v) is 2.11. The van der Waals surface area contributed by atoms with E-state index >= 15 is 0 Å². The Morgan fingerprint density at radius 3 is 2.53 bits per heavy atom. The first-order valence-electron chi connectivity index (χ1n) is 6.80. The van der Waals surface area contributed by atoms with E-state index in [1.54, 1.807) is 0 Å². The molecule has 0 atom stereocenters. The molecule has 0 saturated heterocycles. The third-order valence-electron chi connectivity index (χ3n) is 3.62. The Balaban J connectivity index is 2.03. The van der Waals surface area contributed by atoms with Gasteiger partial charge in [-0.2, -0.15) is 0 Å². The standard InChI is InChI=1S/C16H25N/c1-12-5-6-14(16(2,3)4)11-13(12)9-10-17-15-7-8-15/h5-6,11,15,17H,7-10H2,1-4H3. The molecule has 0 heterocycles. The minimum absolute atomic E-state index is 0.256. The molecule has 0 radical (unpaired) electrons. The van der Waals surface area contributed by atoms with Crippen LogP contribution in [-0.2, 0) is 11.8 Å². The molecule has 1 fully saturated rings. The van der Waals surface area contributed by atoms with Crippen molar-refractivity contribution in [2.24, 2.45) is 0 Å². The summed E-state index contributed by atoms with van der Waals surface area (Å²) in [5.74, 6) is 0. The fraction of sp³-hybridized carbons (Fsp3) is 0.625. The average molecular weight is 231 g/mol. The van der Waals surface area contributed by atoms with E-state index in [4.69, 9.17) is 0 Å². The summed E-state index contributed by atoms with van der Waals surface area (Å²) >= 11 is 0. The maximum Gasteiger partial charge on any atom is 0.00683 e. The molecule has 0 amide bonds. The van der Waals surface area contributed by atoms with Gasteiger partial charge in [0.05, 0.1) is 0 Å². The molecule has 1 aromatic carbocycles. The van der Waals surface area contributed by atoms with Gasteiger partial charge in [-0.15, -0.1) is 0 Å². The van der Waals surface area contributed by atoms with Crippen LogP contribution in [0.25, 0.3) is 0 Å². The molecule has 0 aromatic heterocycles. The van der Waals surface area contributed by atoms with E-state index in [2.05, 4.69) is 51.2 Å². The van der Waals surface area contributed by atoms with Gasteiger partial charge in [-0.25, -0.2) is 0 Å². The highest BCUT2D eigenvalue weighted by Gasteiger charge is 2.20. The maximum atomic E-state index is 3.59. The zero-order valence-corrected chi connectivity index (χ0v) is 11.6. The largest absolute Gasteiger partial charge is 0.314 e. The van der Waals surface area contributed by atoms with Crippen molar-refractivity contribution < 1.29 is 0 Å². The number of rotatable bonds is 4. The number of benzene rings is 1. The van der Waals surface area contributed by atoms with Crippen molar-refractivity contribution in [1.29, 1.82) is 0 Å². The second-order valence-electron chi connectivity index (χ2n) is 6.37. The van der Waals surface area contributed by atoms with E-state index in [-0.39, 0.29) is 5.41 Å². The molecule has 0 aliphatic heterocycles. The smallest absolute Gasteiger partial charge is 0.00683 e. The Kier molecular flexibility index (Phi) is 3.58. The van der Waals surface area contributed by atoms with Gasteiger partial charge in [-0.05, 0) is 54.8 Å². The van der Waals surface area contributed by atoms with Gasteiger partial charge in [0.25, 0.3) is 0 Å². The fourth-order valence-electron chi connectivity index (χ4n) is 2.11. The Hall–Kier alpha value is -0.820. The molecule has 1 heteroatoms. The van der Waals surface area contributed by atoms with Crippen LogP contribution < -0.4 is 5.32 Å². The summed E-state index contributed by atoms with van der Waals surface area (Å²) in [4.78, 5) is 0. The van der Waals surface area contributed by atoms with Gasteiger partial charge in [-0.3, -0.25) is 0 Å². The van der Waals surface area contributed by atoms with Gasteiger partial charge in [-0.1, -0.05) is 39.0 Å². The number of hydrogen-bond donors (Lipinski definition) is 1. The third kappa shape index (κ3) is 3.57. The van der Waals surface area contributed by atoms with Crippen LogP contribution in [0, 0.1) is 6.92 Å². The van der Waals surface area contributed by atoms with Gasteiger partial charge in [0.2, 0.25) is 0 Å². The van der Waals surface area contributed by atoms with Gasteiger partial charge in [0, 0.05) is 6.04 Å². The molecule has 1 aromatic rings. The lowest BCUT2D eigenvalue weighted by molar-refractivity contribution is 0.588. The van der Waals surface area contributed by atoms with Gasteiger partial charge < -0.3 is 5.32 Å². The van der Waals surface area contributed by atoms with Crippen LogP contribution in [0.3, 0.4) is 0 Å². The van der Waals surface area contributed by atoms with Crippen molar-refractivity contribution in [2.75, 3.05) is 6.54 Å². The summed E-state index contributed by atoms with van der Waals surface area (Å²) in [6.45, 7) is 10.2. The molecule has 0 bridgehead atoms. The molecule has 0 spiro atoms. The highest BCUT2D eigenvalue weighted by Crippen LogP contribution is 2.25. The third-order valence-corrected chi connectivity index (χ3v) is 3.62. The normalized spacial score (nSPS) is 16.2. The Morgan fingerprint density at radius 2 is 1.94 bits per heavy atom. The minimum Gasteiger partial charge on any atom is -0.314 e. The number of hydrogen-bond acceptors (Lipinski definition) is 1. The van der Waals surface area contributed by atoms with E-state index in [9.17, 15) is 0 Å². The van der Waals surface area contributed by atoms with Crippen molar-refractivity contribution in [3.8, 4) is 0 Å². The molecule has 17 heavy (non-hydrogen) atoms. The van der Waals surface area contributed by atoms with Gasteiger partial charge >= 0.3 is 0 Å². The highest BCUT2D eigenvalue weighted by atomic mass is 14.9. The van der Waals surface area contributed by atoms with Crippen LogP contribution in [0.2, 0.25) is 0 Å². The lowest BCUT2D eigenvalue weighted by atomic mass is 9.85. The average Bonchev–Trinajstić information content (AvgIpc) is 3.03. The second-order valence-corrected chi connectivity index (χ2v) is 6.37. The van der Waals surface area contributed by atoms with Crippen molar-refractivity contribution in [1.82, 2.24) is 5.32 Å². The lowest BCUT2D eigenvalue weighted by Gasteiger charge is -2.21. The summed E-state index contributed by atoms with van der Waals surface area (Å²) in [5, 5.41) is 3.59. The zero-order valence-electron chi connectivity index (χ0n) is 11.6. The van der Waals surface area contributed by atoms with Crippen LogP contribution >= 0.6 is 0 Å². The molecule has 2 rings (SSSR count). The molecular formula is C16H25N. The van der Waals surface area contributed by atoms with Gasteiger partial charge in [0.15, 0.2) is 0 Å². The molecule has 0 unspecified atom stereocenters. The minimum atomic E-state index is 0.256. The van der Waals surface area contributed by atoms with Crippen LogP contribution in [0.4, 0.5) is 0 Å². The van der Waals surface area contributed by atoms with E-state index < -0.39 is 0 Å². The van der Waals surface area contributed by atoms with Crippen LogP contribution in [0.15, 0.2) is 18.2 Å². The SMILES string of the molecule is Cc1ccc(C(C)(C)C)cc1CCNC1CC1. The molecule has 94 valence electrons. The van der Waals surface area contributed by atoms with Crippen LogP contribution in [0.1, 0.15) is 50.3 Å². The molecule has 1 N–H and O–H groups in total. The molecule has 1 aliphatic rings. The maximum absolute atomic E-state index is 3.59. The van der Waals surface area contributed by atoms with Crippen molar-refractivity contribution in [2.45, 2.75) is 58.4 Å². The summed E-state index contributed by atoms with van der Waals surface area (Å²) in [6, 6.07) is 7.76. The van der Waals surface area contributed by atoms with Crippen molar-refractivity contribution in [3.05, 3.63) is 34.9 Å². The summed E-state index contributed by atoms with van der Waals surface area (Å²) < 4.78 is 0. The predicted octanol–water partition coefficient (Wildman–Crippen LogP) is 3.59. The summed E-state index contributed by atoms with van der Waals surface area (Å²) in [5.41, 5.74) is 4.64. The van der Waals surface area contributed by atoms with E-state index in [0.29, 0.717) is 0 Å².